The molecule has 7 rings (SSSR count). The first-order valence-electron chi connectivity index (χ1n) is 14.5. The van der Waals surface area contributed by atoms with E-state index in [0.717, 1.165) is 56.1 Å². The number of aromatic nitrogens is 6. The van der Waals surface area contributed by atoms with Crippen LogP contribution in [0.5, 0.6) is 5.75 Å². The molecule has 0 spiro atoms. The van der Waals surface area contributed by atoms with E-state index in [1.54, 1.807) is 7.11 Å². The Morgan fingerprint density at radius 3 is 2.24 bits per heavy atom. The number of nitrogens with two attached hydrogens (primary N) is 1. The molecule has 0 bridgehead atoms. The maximum absolute atomic E-state index is 10.6. The van der Waals surface area contributed by atoms with Crippen molar-refractivity contribution >= 4 is 34.0 Å². The van der Waals surface area contributed by atoms with Gasteiger partial charge in [-0.3, -0.25) is 5.10 Å². The van der Waals surface area contributed by atoms with Gasteiger partial charge in [0, 0.05) is 41.7 Å². The van der Waals surface area contributed by atoms with Gasteiger partial charge in [0.2, 0.25) is 0 Å². The van der Waals surface area contributed by atoms with Crippen LogP contribution in [0.25, 0.3) is 22.1 Å². The van der Waals surface area contributed by atoms with E-state index in [4.69, 9.17) is 24.5 Å². The van der Waals surface area contributed by atoms with Crippen molar-refractivity contribution in [3.05, 3.63) is 76.9 Å². The van der Waals surface area contributed by atoms with Crippen molar-refractivity contribution < 1.29 is 56.2 Å². The highest BCUT2D eigenvalue weighted by Gasteiger charge is 2.38. The van der Waals surface area contributed by atoms with Crippen molar-refractivity contribution in [2.45, 2.75) is 44.8 Å². The lowest BCUT2D eigenvalue weighted by Gasteiger charge is -2.17. The van der Waals surface area contributed by atoms with Crippen LogP contribution >= 0.6 is 0 Å². The number of nitrogens with one attached hydrogen (secondary N) is 2. The van der Waals surface area contributed by atoms with Crippen LogP contribution in [0.3, 0.4) is 0 Å². The van der Waals surface area contributed by atoms with E-state index in [9.17, 15) is 26.3 Å². The molecule has 0 unspecified atom stereocenters. The molecule has 0 saturated carbocycles. The Morgan fingerprint density at radius 1 is 0.959 bits per heavy atom. The Kier molecular flexibility index (Phi) is 11.7. The second-order valence-corrected chi connectivity index (χ2v) is 10.6. The summed E-state index contributed by atoms with van der Waals surface area (Å²) < 4.78 is 70.5. The summed E-state index contributed by atoms with van der Waals surface area (Å²) in [4.78, 5) is 26.6. The van der Waals surface area contributed by atoms with Gasteiger partial charge in [-0.15, -0.1) is 0 Å². The quantitative estimate of drug-likeness (QED) is 0.202. The van der Waals surface area contributed by atoms with Crippen LogP contribution < -0.4 is 20.5 Å². The van der Waals surface area contributed by atoms with Gasteiger partial charge in [-0.1, -0.05) is 12.1 Å². The molecule has 6 heterocycles. The average Bonchev–Trinajstić information content (AvgIpc) is 3.73. The first-order chi connectivity index (χ1) is 23.2. The van der Waals surface area contributed by atoms with Crippen LogP contribution in [0.4, 0.5) is 26.3 Å². The number of halogens is 6. The summed E-state index contributed by atoms with van der Waals surface area (Å²) in [5, 5.41) is 35.5. The van der Waals surface area contributed by atoms with Gasteiger partial charge in [0.1, 0.15) is 18.3 Å². The standard InChI is InChI=1S/C17H18N4O.C9H10N4.2C2HF3O2/c1-22-14-4-2-12(3-5-14)11-21-17-16(10-20-21)15-6-7-18-8-13(15)9-19-17;1-2-10-3-6-4-11-9-8(7(1)6)5-12-13-9;2*3-2(4,5)1(6)7/h2-5,9-10,18H,6-8,11H2,1H3;4-5,10H,1-3H2,(H,11,12,13);2*(H,6,7). The summed E-state index contributed by atoms with van der Waals surface area (Å²) in [5.74, 6) is -4.89. The number of rotatable bonds is 3. The van der Waals surface area contributed by atoms with Crippen molar-refractivity contribution in [3.8, 4) is 5.75 Å². The van der Waals surface area contributed by atoms with E-state index in [1.165, 1.54) is 45.1 Å². The highest BCUT2D eigenvalue weighted by Crippen LogP contribution is 2.24. The van der Waals surface area contributed by atoms with Crippen molar-refractivity contribution in [2.24, 2.45) is 0 Å². The molecule has 2 aliphatic rings. The fraction of sp³-hybridized carbons (Fsp3) is 0.333. The third kappa shape index (κ3) is 9.63. The molecule has 1 aromatic carbocycles. The zero-order valence-electron chi connectivity index (χ0n) is 25.7. The normalized spacial score (nSPS) is 13.8. The zero-order valence-corrected chi connectivity index (χ0v) is 25.7. The number of benzene rings is 1. The first-order valence-corrected chi connectivity index (χ1v) is 14.5. The molecule has 2 aliphatic heterocycles. The monoisotopic (exact) mass is 696 g/mol. The Balaban J connectivity index is 0.000000169. The number of methoxy groups -OCH3 is 1. The lowest BCUT2D eigenvalue weighted by molar-refractivity contribution is -0.673. The van der Waals surface area contributed by atoms with Crippen LogP contribution in [-0.2, 0) is 42.1 Å². The number of ether oxygens (including phenoxy) is 1. The molecule has 49 heavy (non-hydrogen) atoms. The minimum atomic E-state index is -5.19. The van der Waals surface area contributed by atoms with Gasteiger partial charge in [-0.05, 0) is 47.4 Å². The minimum Gasteiger partial charge on any atom is -0.542 e. The van der Waals surface area contributed by atoms with Crippen LogP contribution in [0.15, 0.2) is 49.1 Å². The molecule has 13 nitrogen and oxygen atoms in total. The highest BCUT2D eigenvalue weighted by molar-refractivity contribution is 5.80. The zero-order chi connectivity index (χ0) is 35.8. The number of aromatic amines is 1. The topological polar surface area (TPSA) is 188 Å². The van der Waals surface area contributed by atoms with Crippen molar-refractivity contribution in [3.63, 3.8) is 0 Å². The second kappa shape index (κ2) is 15.7. The summed E-state index contributed by atoms with van der Waals surface area (Å²) >= 11 is 0. The number of aliphatic carboxylic acids is 2. The summed E-state index contributed by atoms with van der Waals surface area (Å²) in [6, 6.07) is 8.08. The van der Waals surface area contributed by atoms with Gasteiger partial charge < -0.3 is 30.4 Å². The third-order valence-corrected chi connectivity index (χ3v) is 7.34. The average molecular weight is 697 g/mol. The van der Waals surface area contributed by atoms with E-state index in [1.807, 2.05) is 41.6 Å². The Labute approximate surface area is 273 Å². The Hall–Kier alpha value is -5.30. The maximum atomic E-state index is 10.6. The number of carboxylic acid groups (broad SMARTS) is 2. The lowest BCUT2D eigenvalue weighted by Crippen LogP contribution is -2.84. The third-order valence-electron chi connectivity index (χ3n) is 7.34. The number of carboxylic acids is 2. The number of H-pyrrole nitrogens is 1. The molecule has 5 N–H and O–H groups in total. The van der Waals surface area contributed by atoms with Crippen LogP contribution in [-0.4, -0.2) is 79.5 Å². The molecule has 0 fully saturated rings. The number of nitrogens with zero attached hydrogens (tertiary/aromatic N) is 5. The number of pyridine rings is 2. The molecule has 0 aliphatic carbocycles. The SMILES string of the molecule is COc1ccc(Cn2ncc3c4c(cnc32)CNCC4)cc1.O=C(O)C(F)(F)F.O=C([O-])C(F)(F)F.c1nc2[nH]ncc2c2c1C[NH2+]CC2. The summed E-state index contributed by atoms with van der Waals surface area (Å²) in [6.45, 7) is 4.88. The molecule has 0 radical (unpaired) electrons. The Morgan fingerprint density at radius 2 is 1.61 bits per heavy atom. The number of quaternary nitrogens is 1. The molecule has 0 saturated heterocycles. The van der Waals surface area contributed by atoms with Gasteiger partial charge in [0.05, 0.1) is 32.6 Å². The molecule has 19 heteroatoms. The molecule has 262 valence electrons. The number of alkyl halides is 6. The van der Waals surface area contributed by atoms with Crippen molar-refractivity contribution in [2.75, 3.05) is 20.2 Å². The number of fused-ring (bicyclic) bond motifs is 6. The van der Waals surface area contributed by atoms with E-state index in [-0.39, 0.29) is 0 Å². The molecule has 5 aromatic rings. The van der Waals surface area contributed by atoms with Crippen LogP contribution in [0.1, 0.15) is 27.8 Å². The fourth-order valence-electron chi connectivity index (χ4n) is 4.99. The number of carbonyl (C=O) groups excluding carboxylic acids is 1. The summed E-state index contributed by atoms with van der Waals surface area (Å²) in [5.41, 5.74) is 8.55. The van der Waals surface area contributed by atoms with Crippen LogP contribution in [0, 0.1) is 0 Å². The van der Waals surface area contributed by atoms with Crippen molar-refractivity contribution in [1.29, 1.82) is 0 Å². The molecular weight excluding hydrogens is 666 g/mol. The number of hydrogen-bond acceptors (Lipinski definition) is 9. The van der Waals surface area contributed by atoms with Crippen LogP contribution in [0.2, 0.25) is 0 Å². The predicted octanol–water partition coefficient (Wildman–Crippen LogP) is 1.64. The van der Waals surface area contributed by atoms with Gasteiger partial charge in [-0.2, -0.15) is 36.5 Å². The van der Waals surface area contributed by atoms with E-state index in [2.05, 4.69) is 48.0 Å². The number of hydrogen-bond donors (Lipinski definition) is 4. The molecule has 0 atom stereocenters. The van der Waals surface area contributed by atoms with Gasteiger partial charge >= 0.3 is 18.3 Å². The second-order valence-electron chi connectivity index (χ2n) is 10.6. The van der Waals surface area contributed by atoms with E-state index < -0.39 is 24.3 Å². The lowest BCUT2D eigenvalue weighted by atomic mass is 10.0. The smallest absolute Gasteiger partial charge is 0.490 e. The van der Waals surface area contributed by atoms with Gasteiger partial charge in [0.25, 0.3) is 0 Å². The summed E-state index contributed by atoms with van der Waals surface area (Å²) in [7, 11) is 1.68. The van der Waals surface area contributed by atoms with E-state index >= 15 is 0 Å². The summed E-state index contributed by atoms with van der Waals surface area (Å²) in [6.07, 6.45) is -0.319. The molecule has 4 aromatic heterocycles. The maximum Gasteiger partial charge on any atom is 0.490 e. The minimum absolute atomic E-state index is 0.720. The van der Waals surface area contributed by atoms with Crippen molar-refractivity contribution in [1.82, 2.24) is 35.3 Å². The van der Waals surface area contributed by atoms with Gasteiger partial charge in [-0.25, -0.2) is 19.4 Å². The fourth-order valence-corrected chi connectivity index (χ4v) is 4.99. The van der Waals surface area contributed by atoms with Gasteiger partial charge in [0.15, 0.2) is 11.3 Å². The largest absolute Gasteiger partial charge is 0.542 e. The van der Waals surface area contributed by atoms with E-state index in [0.29, 0.717) is 0 Å². The molecule has 0 amide bonds. The first kappa shape index (κ1) is 36.5. The predicted molar refractivity (Wildman–Crippen MR) is 158 cm³/mol. The Bertz CT molecular complexity index is 1870. The number of carbonyl (C=O) groups is 2. The molecular formula is C30H30F6N8O5. The highest BCUT2D eigenvalue weighted by atomic mass is 19.4.